The molecule has 1 heterocycles. The van der Waals surface area contributed by atoms with Crippen molar-refractivity contribution in [1.29, 1.82) is 0 Å². The first-order chi connectivity index (χ1) is 11.7. The first kappa shape index (κ1) is 16.3. The first-order valence-corrected chi connectivity index (χ1v) is 8.30. The number of hydrogen-bond acceptors (Lipinski definition) is 5. The van der Waals surface area contributed by atoms with Gasteiger partial charge in [-0.1, -0.05) is 18.2 Å². The van der Waals surface area contributed by atoms with Crippen molar-refractivity contribution in [3.63, 3.8) is 0 Å². The summed E-state index contributed by atoms with van der Waals surface area (Å²) in [5.74, 6) is 1.06. The summed E-state index contributed by atoms with van der Waals surface area (Å²) in [5, 5.41) is 6.06. The summed E-state index contributed by atoms with van der Waals surface area (Å²) in [6.07, 6.45) is 1.76. The average Bonchev–Trinajstić information content (AvgIpc) is 3.13. The molecule has 6 heteroatoms. The third-order valence-electron chi connectivity index (χ3n) is 3.41. The molecule has 0 aliphatic carbocycles. The van der Waals surface area contributed by atoms with Crippen LogP contribution >= 0.6 is 11.3 Å². The molecule has 0 unspecified atom stereocenters. The van der Waals surface area contributed by atoms with Crippen LogP contribution in [0.2, 0.25) is 0 Å². The molecule has 3 rings (SSSR count). The molecule has 0 saturated heterocycles. The molecule has 0 spiro atoms. The minimum Gasteiger partial charge on any atom is -0.493 e. The Bertz CT molecular complexity index is 776. The zero-order chi connectivity index (χ0) is 16.8. The Morgan fingerprint density at radius 2 is 1.88 bits per heavy atom. The van der Waals surface area contributed by atoms with E-state index in [9.17, 15) is 4.39 Å². The predicted molar refractivity (Wildman–Crippen MR) is 93.2 cm³/mol. The van der Waals surface area contributed by atoms with E-state index in [0.29, 0.717) is 24.7 Å². The molecular formula is C18H17FN2O2S. The maximum absolute atomic E-state index is 12.9. The molecule has 0 atom stereocenters. The molecule has 124 valence electrons. The third-order valence-corrected chi connectivity index (χ3v) is 4.14. The number of halogens is 1. The molecule has 1 aromatic heterocycles. The van der Waals surface area contributed by atoms with Crippen molar-refractivity contribution in [1.82, 2.24) is 4.98 Å². The van der Waals surface area contributed by atoms with Gasteiger partial charge in [0, 0.05) is 18.1 Å². The van der Waals surface area contributed by atoms with E-state index in [4.69, 9.17) is 9.47 Å². The monoisotopic (exact) mass is 344 g/mol. The minimum absolute atomic E-state index is 0.256. The van der Waals surface area contributed by atoms with Gasteiger partial charge >= 0.3 is 0 Å². The summed E-state index contributed by atoms with van der Waals surface area (Å²) >= 11 is 1.56. The van der Waals surface area contributed by atoms with E-state index in [1.165, 1.54) is 12.1 Å². The molecule has 0 fully saturated rings. The van der Waals surface area contributed by atoms with E-state index in [1.807, 2.05) is 23.6 Å². The Balaban J connectivity index is 1.63. The van der Waals surface area contributed by atoms with Gasteiger partial charge in [0.25, 0.3) is 0 Å². The molecular weight excluding hydrogens is 327 g/mol. The molecule has 4 nitrogen and oxygen atoms in total. The largest absolute Gasteiger partial charge is 0.493 e. The van der Waals surface area contributed by atoms with Crippen molar-refractivity contribution in [2.24, 2.45) is 0 Å². The van der Waals surface area contributed by atoms with E-state index in [-0.39, 0.29) is 5.82 Å². The van der Waals surface area contributed by atoms with Crippen LogP contribution in [0.5, 0.6) is 11.5 Å². The summed E-state index contributed by atoms with van der Waals surface area (Å²) < 4.78 is 24.1. The quantitative estimate of drug-likeness (QED) is 0.686. The fraction of sp³-hybridized carbons (Fsp3) is 0.167. The normalized spacial score (nSPS) is 10.4. The lowest BCUT2D eigenvalue weighted by molar-refractivity contribution is 0.284. The van der Waals surface area contributed by atoms with Crippen molar-refractivity contribution in [2.45, 2.75) is 13.2 Å². The summed E-state index contributed by atoms with van der Waals surface area (Å²) in [5.41, 5.74) is 1.96. The van der Waals surface area contributed by atoms with Crippen LogP contribution in [0.15, 0.2) is 54.0 Å². The zero-order valence-electron chi connectivity index (χ0n) is 13.2. The lowest BCUT2D eigenvalue weighted by atomic mass is 10.2. The second-order valence-electron chi connectivity index (χ2n) is 5.09. The molecule has 2 aromatic carbocycles. The van der Waals surface area contributed by atoms with Gasteiger partial charge in [-0.25, -0.2) is 9.37 Å². The first-order valence-electron chi connectivity index (χ1n) is 7.42. The van der Waals surface area contributed by atoms with Crippen molar-refractivity contribution < 1.29 is 13.9 Å². The molecule has 24 heavy (non-hydrogen) atoms. The second kappa shape index (κ2) is 7.79. The maximum atomic E-state index is 12.9. The highest BCUT2D eigenvalue weighted by atomic mass is 32.1. The van der Waals surface area contributed by atoms with Crippen molar-refractivity contribution >= 4 is 16.5 Å². The van der Waals surface area contributed by atoms with Gasteiger partial charge in [-0.3, -0.25) is 0 Å². The van der Waals surface area contributed by atoms with Crippen molar-refractivity contribution in [3.8, 4) is 11.5 Å². The number of methoxy groups -OCH3 is 1. The number of thiazole rings is 1. The summed E-state index contributed by atoms with van der Waals surface area (Å²) in [6, 6.07) is 12.0. The smallest absolute Gasteiger partial charge is 0.182 e. The number of nitrogens with zero attached hydrogens (tertiary/aromatic N) is 1. The molecule has 0 aliphatic heterocycles. The van der Waals surface area contributed by atoms with Crippen molar-refractivity contribution in [2.75, 3.05) is 12.4 Å². The van der Waals surface area contributed by atoms with Crippen LogP contribution in [0.3, 0.4) is 0 Å². The highest BCUT2D eigenvalue weighted by molar-refractivity contribution is 7.13. The van der Waals surface area contributed by atoms with E-state index in [2.05, 4.69) is 10.3 Å². The summed E-state index contributed by atoms with van der Waals surface area (Å²) in [6.45, 7) is 1.01. The minimum atomic E-state index is -0.256. The van der Waals surface area contributed by atoms with Crippen LogP contribution in [0.1, 0.15) is 11.1 Å². The van der Waals surface area contributed by atoms with Gasteiger partial charge in [0.05, 0.1) is 7.11 Å². The number of aromatic nitrogens is 1. The Hall–Kier alpha value is -2.60. The Labute approximate surface area is 143 Å². The highest BCUT2D eigenvalue weighted by Crippen LogP contribution is 2.29. The highest BCUT2D eigenvalue weighted by Gasteiger charge is 2.07. The number of hydrogen-bond donors (Lipinski definition) is 1. The molecule has 3 aromatic rings. The van der Waals surface area contributed by atoms with E-state index in [0.717, 1.165) is 16.3 Å². The zero-order valence-corrected chi connectivity index (χ0v) is 14.0. The topological polar surface area (TPSA) is 43.4 Å². The van der Waals surface area contributed by atoms with Gasteiger partial charge in [0.15, 0.2) is 16.6 Å². The average molecular weight is 344 g/mol. The standard InChI is InChI=1S/C18H17FN2O2S/c1-22-17-10-14(11-21-18-20-8-9-24-18)4-7-16(17)23-12-13-2-5-15(19)6-3-13/h2-10H,11-12H2,1H3,(H,20,21). The summed E-state index contributed by atoms with van der Waals surface area (Å²) in [4.78, 5) is 4.19. The van der Waals surface area contributed by atoms with E-state index >= 15 is 0 Å². The lowest BCUT2D eigenvalue weighted by Crippen LogP contribution is -2.01. The Morgan fingerprint density at radius 3 is 2.58 bits per heavy atom. The molecule has 1 N–H and O–H groups in total. The fourth-order valence-electron chi connectivity index (χ4n) is 2.17. The van der Waals surface area contributed by atoms with Crippen molar-refractivity contribution in [3.05, 3.63) is 71.0 Å². The van der Waals surface area contributed by atoms with Gasteiger partial charge < -0.3 is 14.8 Å². The van der Waals surface area contributed by atoms with Gasteiger partial charge in [0.1, 0.15) is 12.4 Å². The Kier molecular flexibility index (Phi) is 5.28. The molecule has 0 saturated carbocycles. The van der Waals surface area contributed by atoms with Crippen LogP contribution in [-0.4, -0.2) is 12.1 Å². The van der Waals surface area contributed by atoms with Gasteiger partial charge in [-0.15, -0.1) is 11.3 Å². The molecule has 0 aliphatic rings. The summed E-state index contributed by atoms with van der Waals surface area (Å²) in [7, 11) is 1.61. The predicted octanol–water partition coefficient (Wildman–Crippen LogP) is 4.48. The van der Waals surface area contributed by atoms with Crippen LogP contribution in [-0.2, 0) is 13.2 Å². The van der Waals surface area contributed by atoms with Gasteiger partial charge in [0.2, 0.25) is 0 Å². The van der Waals surface area contributed by atoms with E-state index < -0.39 is 0 Å². The van der Waals surface area contributed by atoms with Gasteiger partial charge in [-0.2, -0.15) is 0 Å². The van der Waals surface area contributed by atoms with Crippen LogP contribution in [0.25, 0.3) is 0 Å². The van der Waals surface area contributed by atoms with Crippen LogP contribution < -0.4 is 14.8 Å². The fourth-order valence-corrected chi connectivity index (χ4v) is 2.70. The second-order valence-corrected chi connectivity index (χ2v) is 5.99. The molecule has 0 bridgehead atoms. The molecule has 0 radical (unpaired) electrons. The molecule has 0 amide bonds. The third kappa shape index (κ3) is 4.23. The number of benzene rings is 2. The number of nitrogens with one attached hydrogen (secondary N) is 1. The van der Waals surface area contributed by atoms with Crippen LogP contribution in [0, 0.1) is 5.82 Å². The number of ether oxygens (including phenoxy) is 2. The number of anilines is 1. The Morgan fingerprint density at radius 1 is 1.08 bits per heavy atom. The van der Waals surface area contributed by atoms with E-state index in [1.54, 1.807) is 36.8 Å². The van der Waals surface area contributed by atoms with Crippen LogP contribution in [0.4, 0.5) is 9.52 Å². The number of rotatable bonds is 7. The SMILES string of the molecule is COc1cc(CNc2nccs2)ccc1OCc1ccc(F)cc1. The maximum Gasteiger partial charge on any atom is 0.182 e. The van der Waals surface area contributed by atoms with Gasteiger partial charge in [-0.05, 0) is 35.4 Å². The lowest BCUT2D eigenvalue weighted by Gasteiger charge is -2.12.